The lowest BCUT2D eigenvalue weighted by molar-refractivity contribution is -0.115. The maximum atomic E-state index is 11.9. The van der Waals surface area contributed by atoms with Crippen LogP contribution in [0.1, 0.15) is 23.7 Å². The fraction of sp³-hybridized carbons (Fsp3) is 0.286. The molecule has 0 bridgehead atoms. The van der Waals surface area contributed by atoms with Gasteiger partial charge in [0, 0.05) is 17.6 Å². The zero-order valence-electron chi connectivity index (χ0n) is 10.7. The molecular formula is C14H17N3O. The fourth-order valence-corrected chi connectivity index (χ4v) is 1.94. The van der Waals surface area contributed by atoms with E-state index in [-0.39, 0.29) is 5.91 Å². The van der Waals surface area contributed by atoms with Gasteiger partial charge in [0.05, 0.1) is 12.7 Å². The van der Waals surface area contributed by atoms with Gasteiger partial charge in [-0.1, -0.05) is 25.1 Å². The Labute approximate surface area is 106 Å². The molecule has 1 heterocycles. The zero-order chi connectivity index (χ0) is 13.0. The average Bonchev–Trinajstić information content (AvgIpc) is 2.84. The minimum Gasteiger partial charge on any atom is -0.348 e. The number of aryl methyl sites for hydroxylation is 2. The Bertz CT molecular complexity index is 532. The van der Waals surface area contributed by atoms with Gasteiger partial charge in [0.15, 0.2) is 0 Å². The summed E-state index contributed by atoms with van der Waals surface area (Å²) < 4.78 is 0. The molecule has 0 spiro atoms. The second-order valence-electron chi connectivity index (χ2n) is 4.26. The normalized spacial score (nSPS) is 10.3. The van der Waals surface area contributed by atoms with Crippen molar-refractivity contribution in [2.24, 2.45) is 0 Å². The summed E-state index contributed by atoms with van der Waals surface area (Å²) in [7, 11) is 0. The van der Waals surface area contributed by atoms with Crippen molar-refractivity contribution in [3.05, 3.63) is 47.5 Å². The molecule has 1 amide bonds. The van der Waals surface area contributed by atoms with Crippen LogP contribution in [-0.2, 0) is 17.6 Å². The number of imidazole rings is 1. The van der Waals surface area contributed by atoms with E-state index in [1.54, 1.807) is 12.5 Å². The van der Waals surface area contributed by atoms with Crippen LogP contribution in [0.25, 0.3) is 0 Å². The van der Waals surface area contributed by atoms with E-state index in [4.69, 9.17) is 0 Å². The van der Waals surface area contributed by atoms with E-state index in [1.807, 2.05) is 25.1 Å². The van der Waals surface area contributed by atoms with Gasteiger partial charge in [-0.25, -0.2) is 4.98 Å². The number of nitrogens with zero attached hydrogens (tertiary/aromatic N) is 1. The Morgan fingerprint density at radius 2 is 2.28 bits per heavy atom. The number of hydrogen-bond acceptors (Lipinski definition) is 2. The largest absolute Gasteiger partial charge is 0.348 e. The average molecular weight is 243 g/mol. The van der Waals surface area contributed by atoms with Crippen LogP contribution in [0.4, 0.5) is 5.69 Å². The SMILES string of the molecule is CCc1cccc(C)c1NC(=O)Cc1cnc[nH]1. The van der Waals surface area contributed by atoms with E-state index in [2.05, 4.69) is 22.2 Å². The van der Waals surface area contributed by atoms with E-state index in [0.717, 1.165) is 28.9 Å². The number of rotatable bonds is 4. The Balaban J connectivity index is 2.11. The first-order valence-corrected chi connectivity index (χ1v) is 6.06. The zero-order valence-corrected chi connectivity index (χ0v) is 10.7. The highest BCUT2D eigenvalue weighted by atomic mass is 16.1. The molecule has 0 aliphatic heterocycles. The highest BCUT2D eigenvalue weighted by Gasteiger charge is 2.09. The van der Waals surface area contributed by atoms with E-state index >= 15 is 0 Å². The number of aromatic nitrogens is 2. The number of H-pyrrole nitrogens is 1. The van der Waals surface area contributed by atoms with Crippen molar-refractivity contribution < 1.29 is 4.79 Å². The first-order valence-electron chi connectivity index (χ1n) is 6.06. The molecule has 0 unspecified atom stereocenters. The maximum Gasteiger partial charge on any atom is 0.230 e. The van der Waals surface area contributed by atoms with Crippen molar-refractivity contribution in [1.29, 1.82) is 0 Å². The van der Waals surface area contributed by atoms with Gasteiger partial charge in [0.1, 0.15) is 0 Å². The number of hydrogen-bond donors (Lipinski definition) is 2. The fourth-order valence-electron chi connectivity index (χ4n) is 1.94. The second kappa shape index (κ2) is 5.49. The minimum absolute atomic E-state index is 0.0248. The molecule has 4 heteroatoms. The molecule has 18 heavy (non-hydrogen) atoms. The topological polar surface area (TPSA) is 57.8 Å². The number of carbonyl (C=O) groups excluding carboxylic acids is 1. The minimum atomic E-state index is -0.0248. The molecule has 0 aliphatic rings. The van der Waals surface area contributed by atoms with Gasteiger partial charge in [0.2, 0.25) is 5.91 Å². The first-order chi connectivity index (χ1) is 8.70. The molecule has 2 rings (SSSR count). The third kappa shape index (κ3) is 2.77. The van der Waals surface area contributed by atoms with Crippen molar-refractivity contribution in [3.8, 4) is 0 Å². The monoisotopic (exact) mass is 243 g/mol. The van der Waals surface area contributed by atoms with Crippen LogP contribution in [-0.4, -0.2) is 15.9 Å². The van der Waals surface area contributed by atoms with E-state index in [0.29, 0.717) is 6.42 Å². The smallest absolute Gasteiger partial charge is 0.230 e. The first kappa shape index (κ1) is 12.4. The van der Waals surface area contributed by atoms with Crippen LogP contribution in [0, 0.1) is 6.92 Å². The van der Waals surface area contributed by atoms with Gasteiger partial charge in [-0.05, 0) is 24.5 Å². The van der Waals surface area contributed by atoms with Gasteiger partial charge in [-0.2, -0.15) is 0 Å². The van der Waals surface area contributed by atoms with Gasteiger partial charge < -0.3 is 10.3 Å². The molecule has 0 fully saturated rings. The molecule has 94 valence electrons. The predicted octanol–water partition coefficient (Wildman–Crippen LogP) is 2.46. The quantitative estimate of drug-likeness (QED) is 0.866. The van der Waals surface area contributed by atoms with Crippen molar-refractivity contribution >= 4 is 11.6 Å². The maximum absolute atomic E-state index is 11.9. The van der Waals surface area contributed by atoms with Gasteiger partial charge in [-0.15, -0.1) is 0 Å². The van der Waals surface area contributed by atoms with Crippen LogP contribution >= 0.6 is 0 Å². The molecule has 0 saturated carbocycles. The van der Waals surface area contributed by atoms with Crippen molar-refractivity contribution in [2.45, 2.75) is 26.7 Å². The Kier molecular flexibility index (Phi) is 3.77. The Morgan fingerprint density at radius 1 is 1.44 bits per heavy atom. The highest BCUT2D eigenvalue weighted by Crippen LogP contribution is 2.21. The molecule has 1 aromatic carbocycles. The van der Waals surface area contributed by atoms with E-state index in [9.17, 15) is 4.79 Å². The summed E-state index contributed by atoms with van der Waals surface area (Å²) in [6.45, 7) is 4.09. The molecule has 4 nitrogen and oxygen atoms in total. The Morgan fingerprint density at radius 3 is 2.94 bits per heavy atom. The molecule has 2 N–H and O–H groups in total. The van der Waals surface area contributed by atoms with Crippen molar-refractivity contribution in [3.63, 3.8) is 0 Å². The Hall–Kier alpha value is -2.10. The molecular weight excluding hydrogens is 226 g/mol. The predicted molar refractivity (Wildman–Crippen MR) is 71.5 cm³/mol. The molecule has 0 atom stereocenters. The summed E-state index contributed by atoms with van der Waals surface area (Å²) in [4.78, 5) is 18.8. The summed E-state index contributed by atoms with van der Waals surface area (Å²) in [5.41, 5.74) is 4.00. The second-order valence-corrected chi connectivity index (χ2v) is 4.26. The van der Waals surface area contributed by atoms with E-state index < -0.39 is 0 Å². The van der Waals surface area contributed by atoms with Gasteiger partial charge in [-0.3, -0.25) is 4.79 Å². The van der Waals surface area contributed by atoms with Crippen molar-refractivity contribution in [2.75, 3.05) is 5.32 Å². The summed E-state index contributed by atoms with van der Waals surface area (Å²) in [5.74, 6) is -0.0248. The molecule has 2 aromatic rings. The number of carbonyl (C=O) groups is 1. The van der Waals surface area contributed by atoms with Crippen LogP contribution in [0.2, 0.25) is 0 Å². The third-order valence-corrected chi connectivity index (χ3v) is 2.91. The molecule has 0 aliphatic carbocycles. The summed E-state index contributed by atoms with van der Waals surface area (Å²) in [6, 6.07) is 6.06. The number of aromatic amines is 1. The number of anilines is 1. The summed E-state index contributed by atoms with van der Waals surface area (Å²) in [6.07, 6.45) is 4.46. The van der Waals surface area contributed by atoms with Crippen LogP contribution in [0.5, 0.6) is 0 Å². The lowest BCUT2D eigenvalue weighted by atomic mass is 10.1. The molecule has 0 saturated heterocycles. The lowest BCUT2D eigenvalue weighted by Crippen LogP contribution is -2.16. The number of nitrogens with one attached hydrogen (secondary N) is 2. The van der Waals surface area contributed by atoms with Crippen LogP contribution in [0.3, 0.4) is 0 Å². The number of para-hydroxylation sites is 1. The third-order valence-electron chi connectivity index (χ3n) is 2.91. The highest BCUT2D eigenvalue weighted by molar-refractivity contribution is 5.93. The molecule has 1 aromatic heterocycles. The summed E-state index contributed by atoms with van der Waals surface area (Å²) >= 11 is 0. The van der Waals surface area contributed by atoms with Crippen LogP contribution in [0.15, 0.2) is 30.7 Å². The van der Waals surface area contributed by atoms with Crippen molar-refractivity contribution in [1.82, 2.24) is 9.97 Å². The number of amides is 1. The lowest BCUT2D eigenvalue weighted by Gasteiger charge is -2.12. The van der Waals surface area contributed by atoms with Gasteiger partial charge >= 0.3 is 0 Å². The van der Waals surface area contributed by atoms with Crippen LogP contribution < -0.4 is 5.32 Å². The summed E-state index contributed by atoms with van der Waals surface area (Å²) in [5, 5.41) is 2.98. The van der Waals surface area contributed by atoms with Gasteiger partial charge in [0.25, 0.3) is 0 Å². The number of benzene rings is 1. The standard InChI is InChI=1S/C14H17N3O/c1-3-11-6-4-5-10(2)14(11)17-13(18)7-12-8-15-9-16-12/h4-6,8-9H,3,7H2,1-2H3,(H,15,16)(H,17,18). The molecule has 0 radical (unpaired) electrons. The van der Waals surface area contributed by atoms with E-state index in [1.165, 1.54) is 0 Å².